The first-order chi connectivity index (χ1) is 17.9. The zero-order valence-corrected chi connectivity index (χ0v) is 20.9. The van der Waals surface area contributed by atoms with Crippen molar-refractivity contribution in [1.29, 1.82) is 5.26 Å². The predicted octanol–water partition coefficient (Wildman–Crippen LogP) is 2.86. The number of nitrogens with one attached hydrogen (secondary N) is 2. The number of carbonyl (C=O) groups is 2. The highest BCUT2D eigenvalue weighted by molar-refractivity contribution is 7.79. The van der Waals surface area contributed by atoms with E-state index in [0.29, 0.717) is 42.9 Å². The van der Waals surface area contributed by atoms with Gasteiger partial charge in [0.15, 0.2) is 11.1 Å². The Hall–Kier alpha value is -4.07. The summed E-state index contributed by atoms with van der Waals surface area (Å²) in [6.45, 7) is 0.749. The number of carbonyl (C=O) groups excluding carboxylic acids is 2. The Labute approximate surface area is 217 Å². The van der Waals surface area contributed by atoms with Crippen molar-refractivity contribution in [3.05, 3.63) is 89.6 Å². The smallest absolute Gasteiger partial charge is 0.246 e. The molecule has 0 bridgehead atoms. The molecule has 1 unspecified atom stereocenters. The average Bonchev–Trinajstić information content (AvgIpc) is 3.42. The number of hydrogen-bond donors (Lipinski definition) is 3. The third-order valence-corrected chi connectivity index (χ3v) is 6.87. The van der Waals surface area contributed by atoms with Gasteiger partial charge in [-0.1, -0.05) is 30.3 Å². The van der Waals surface area contributed by atoms with Crippen LogP contribution in [-0.2, 0) is 33.6 Å². The van der Waals surface area contributed by atoms with Crippen LogP contribution in [0.15, 0.2) is 77.8 Å². The van der Waals surface area contributed by atoms with Gasteiger partial charge in [0.2, 0.25) is 11.8 Å². The van der Waals surface area contributed by atoms with E-state index in [2.05, 4.69) is 21.7 Å². The number of aromatic nitrogens is 1. The molecule has 190 valence electrons. The zero-order chi connectivity index (χ0) is 26.2. The van der Waals surface area contributed by atoms with Crippen LogP contribution in [0.5, 0.6) is 0 Å². The fourth-order valence-electron chi connectivity index (χ4n) is 4.35. The van der Waals surface area contributed by atoms with Crippen LogP contribution in [0.4, 0.5) is 5.82 Å². The van der Waals surface area contributed by atoms with E-state index in [1.54, 1.807) is 71.8 Å². The molecule has 10 heteroatoms. The Bertz CT molecular complexity index is 1310. The maximum Gasteiger partial charge on any atom is 0.246 e. The summed E-state index contributed by atoms with van der Waals surface area (Å²) in [5.74, 6) is 0.0467. The van der Waals surface area contributed by atoms with Crippen LogP contribution in [0, 0.1) is 11.3 Å². The molecule has 4 rings (SSSR count). The number of benzene rings is 2. The highest BCUT2D eigenvalue weighted by Crippen LogP contribution is 2.22. The summed E-state index contributed by atoms with van der Waals surface area (Å²) in [6, 6.07) is 19.7. The van der Waals surface area contributed by atoms with Gasteiger partial charge in [-0.15, -0.1) is 0 Å². The van der Waals surface area contributed by atoms with E-state index in [0.717, 1.165) is 5.56 Å². The number of nitriles is 1. The molecule has 3 N–H and O–H groups in total. The van der Waals surface area contributed by atoms with Gasteiger partial charge in [-0.2, -0.15) is 5.26 Å². The van der Waals surface area contributed by atoms with Gasteiger partial charge in [-0.3, -0.25) is 9.59 Å². The molecule has 2 aromatic carbocycles. The lowest BCUT2D eigenvalue weighted by molar-refractivity contribution is -0.139. The third-order valence-electron chi connectivity index (χ3n) is 6.21. The molecule has 1 aromatic heterocycles. The summed E-state index contributed by atoms with van der Waals surface area (Å²) in [5, 5.41) is 15.0. The highest BCUT2D eigenvalue weighted by Gasteiger charge is 2.37. The number of hydrogen-bond acceptors (Lipinski definition) is 6. The summed E-state index contributed by atoms with van der Waals surface area (Å²) in [7, 11) is 0. The van der Waals surface area contributed by atoms with Gasteiger partial charge in [0.25, 0.3) is 0 Å². The minimum Gasteiger partial charge on any atom is -0.358 e. The number of likely N-dealkylation sites (tertiary alicyclic amines) is 1. The van der Waals surface area contributed by atoms with E-state index in [-0.39, 0.29) is 23.1 Å². The number of rotatable bonds is 9. The molecule has 2 heterocycles. The Balaban J connectivity index is 1.49. The van der Waals surface area contributed by atoms with E-state index in [9.17, 15) is 18.4 Å². The molecule has 2 amide bonds. The fourth-order valence-corrected chi connectivity index (χ4v) is 4.80. The van der Waals surface area contributed by atoms with Crippen molar-refractivity contribution in [3.63, 3.8) is 0 Å². The normalized spacial score (nSPS) is 16.4. The second-order valence-corrected chi connectivity index (χ2v) is 9.70. The standard InChI is InChI=1S/C27H27N5O4S/c28-17-19-9-11-20(12-10-19)18-30-26(33)24-7-4-14-32(24)27(34)23(31-25-8-1-2-13-29-25)16-21-5-3-6-22(15-21)37(35)36/h1-3,5-6,8-13,15,23-24H,4,7,14,16,18H2,(H,29,31)(H,30,33)(H,35,36)/t23-,24+/m1/s1. The quantitative estimate of drug-likeness (QED) is 0.371. The van der Waals surface area contributed by atoms with Crippen LogP contribution in [0.25, 0.3) is 0 Å². The van der Waals surface area contributed by atoms with Gasteiger partial charge < -0.3 is 20.1 Å². The van der Waals surface area contributed by atoms with Gasteiger partial charge in [-0.05, 0) is 60.4 Å². The van der Waals surface area contributed by atoms with Crippen molar-refractivity contribution in [1.82, 2.24) is 15.2 Å². The molecule has 1 fully saturated rings. The number of pyridine rings is 1. The Morgan fingerprint density at radius 2 is 1.95 bits per heavy atom. The lowest BCUT2D eigenvalue weighted by Crippen LogP contribution is -2.51. The van der Waals surface area contributed by atoms with E-state index in [4.69, 9.17) is 5.26 Å². The second kappa shape index (κ2) is 12.3. The van der Waals surface area contributed by atoms with Crippen molar-refractivity contribution in [3.8, 4) is 6.07 Å². The van der Waals surface area contributed by atoms with Gasteiger partial charge in [0.1, 0.15) is 17.9 Å². The summed E-state index contributed by atoms with van der Waals surface area (Å²) < 4.78 is 21.0. The van der Waals surface area contributed by atoms with Crippen LogP contribution in [0.1, 0.15) is 29.5 Å². The molecule has 3 aromatic rings. The van der Waals surface area contributed by atoms with Crippen LogP contribution < -0.4 is 10.6 Å². The first-order valence-corrected chi connectivity index (χ1v) is 13.0. The maximum atomic E-state index is 13.7. The Morgan fingerprint density at radius 3 is 2.65 bits per heavy atom. The summed E-state index contributed by atoms with van der Waals surface area (Å²) >= 11 is -2.13. The molecule has 0 spiro atoms. The topological polar surface area (TPSA) is 135 Å². The molecule has 1 aliphatic rings. The molecule has 3 atom stereocenters. The predicted molar refractivity (Wildman–Crippen MR) is 139 cm³/mol. The molecular formula is C27H27N5O4S. The highest BCUT2D eigenvalue weighted by atomic mass is 32.2. The SMILES string of the molecule is N#Cc1ccc(CNC(=O)[C@@H]2CCCN2C(=O)[C@@H](Cc2cccc(S(=O)O)c2)Nc2ccccn2)cc1. The first kappa shape index (κ1) is 26.0. The lowest BCUT2D eigenvalue weighted by Gasteiger charge is -2.29. The molecule has 0 aliphatic carbocycles. The minimum absolute atomic E-state index is 0.232. The van der Waals surface area contributed by atoms with Crippen molar-refractivity contribution < 1.29 is 18.4 Å². The molecule has 9 nitrogen and oxygen atoms in total. The third kappa shape index (κ3) is 6.78. The van der Waals surface area contributed by atoms with Crippen LogP contribution in [0.3, 0.4) is 0 Å². The largest absolute Gasteiger partial charge is 0.358 e. The first-order valence-electron chi connectivity index (χ1n) is 11.9. The minimum atomic E-state index is -2.13. The zero-order valence-electron chi connectivity index (χ0n) is 20.0. The monoisotopic (exact) mass is 517 g/mol. The van der Waals surface area contributed by atoms with Gasteiger partial charge >= 0.3 is 0 Å². The number of amides is 2. The van der Waals surface area contributed by atoms with E-state index in [1.807, 2.05) is 6.07 Å². The number of anilines is 1. The molecule has 0 radical (unpaired) electrons. The van der Waals surface area contributed by atoms with E-state index >= 15 is 0 Å². The van der Waals surface area contributed by atoms with Crippen LogP contribution in [-0.4, -0.2) is 49.1 Å². The van der Waals surface area contributed by atoms with E-state index < -0.39 is 23.2 Å². The van der Waals surface area contributed by atoms with E-state index in [1.165, 1.54) is 0 Å². The van der Waals surface area contributed by atoms with Gasteiger partial charge in [-0.25, -0.2) is 9.19 Å². The van der Waals surface area contributed by atoms with Crippen molar-refractivity contribution in [2.45, 2.75) is 42.8 Å². The number of nitrogens with zero attached hydrogens (tertiary/aromatic N) is 3. The van der Waals surface area contributed by atoms with Crippen molar-refractivity contribution in [2.24, 2.45) is 0 Å². The fraction of sp³-hybridized carbons (Fsp3) is 0.259. The van der Waals surface area contributed by atoms with Crippen molar-refractivity contribution >= 4 is 28.7 Å². The second-order valence-electron chi connectivity index (χ2n) is 8.73. The maximum absolute atomic E-state index is 13.7. The summed E-state index contributed by atoms with van der Waals surface area (Å²) in [5.41, 5.74) is 2.12. The van der Waals surface area contributed by atoms with Gasteiger partial charge in [0.05, 0.1) is 16.5 Å². The van der Waals surface area contributed by atoms with Crippen LogP contribution >= 0.6 is 0 Å². The Morgan fingerprint density at radius 1 is 1.14 bits per heavy atom. The summed E-state index contributed by atoms with van der Waals surface area (Å²) in [4.78, 5) is 32.9. The molecule has 1 aliphatic heterocycles. The average molecular weight is 518 g/mol. The summed E-state index contributed by atoms with van der Waals surface area (Å²) in [6.07, 6.45) is 3.13. The molecule has 1 saturated heterocycles. The molecular weight excluding hydrogens is 490 g/mol. The van der Waals surface area contributed by atoms with Crippen LogP contribution in [0.2, 0.25) is 0 Å². The Kier molecular flexibility index (Phi) is 8.61. The molecule has 37 heavy (non-hydrogen) atoms. The van der Waals surface area contributed by atoms with Gasteiger partial charge in [0, 0.05) is 25.7 Å². The lowest BCUT2D eigenvalue weighted by atomic mass is 10.0. The molecule has 0 saturated carbocycles. The van der Waals surface area contributed by atoms with Crippen molar-refractivity contribution in [2.75, 3.05) is 11.9 Å².